The van der Waals surface area contributed by atoms with Crippen LogP contribution in [-0.2, 0) is 0 Å². The molecule has 0 aliphatic rings. The van der Waals surface area contributed by atoms with Crippen LogP contribution in [0.15, 0.2) is 36.7 Å². The zero-order chi connectivity index (χ0) is 17.1. The van der Waals surface area contributed by atoms with Gasteiger partial charge in [-0.05, 0) is 25.0 Å². The van der Waals surface area contributed by atoms with Crippen LogP contribution in [-0.4, -0.2) is 44.1 Å². The van der Waals surface area contributed by atoms with Gasteiger partial charge in [0.25, 0.3) is 5.91 Å². The number of benzene rings is 1. The van der Waals surface area contributed by atoms with E-state index < -0.39 is 0 Å². The normalized spacial score (nSPS) is 12.3. The summed E-state index contributed by atoms with van der Waals surface area (Å²) in [5.41, 5.74) is 1.79. The van der Waals surface area contributed by atoms with E-state index in [1.54, 1.807) is 17.1 Å². The standard InChI is InChI=1S/C17H19N5O2/c1-11(10-23)8-19-17(24)16-12(2)22(21-20-16)15-5-3-4-13-9-18-7-6-14(13)15/h3-7,9,11,23H,8,10H2,1-2H3,(H,19,24). The minimum atomic E-state index is -0.291. The Kier molecular flexibility index (Phi) is 4.52. The van der Waals surface area contributed by atoms with Crippen LogP contribution in [0, 0.1) is 12.8 Å². The molecular formula is C17H19N5O2. The fourth-order valence-electron chi connectivity index (χ4n) is 2.47. The van der Waals surface area contributed by atoms with Gasteiger partial charge in [-0.3, -0.25) is 9.78 Å². The van der Waals surface area contributed by atoms with Gasteiger partial charge in [-0.15, -0.1) is 5.10 Å². The number of amides is 1. The van der Waals surface area contributed by atoms with Gasteiger partial charge in [-0.25, -0.2) is 4.68 Å². The third-order valence-electron chi connectivity index (χ3n) is 3.92. The first-order chi connectivity index (χ1) is 11.6. The Hall–Kier alpha value is -2.80. The first-order valence-electron chi connectivity index (χ1n) is 7.76. The summed E-state index contributed by atoms with van der Waals surface area (Å²) in [5, 5.41) is 22.0. The summed E-state index contributed by atoms with van der Waals surface area (Å²) in [6, 6.07) is 7.74. The molecule has 0 saturated heterocycles. The van der Waals surface area contributed by atoms with Crippen molar-refractivity contribution in [1.29, 1.82) is 0 Å². The second kappa shape index (κ2) is 6.76. The van der Waals surface area contributed by atoms with Crippen molar-refractivity contribution >= 4 is 16.7 Å². The van der Waals surface area contributed by atoms with E-state index in [0.717, 1.165) is 16.5 Å². The topological polar surface area (TPSA) is 92.9 Å². The van der Waals surface area contributed by atoms with E-state index in [1.165, 1.54) is 0 Å². The Morgan fingerprint density at radius 1 is 1.38 bits per heavy atom. The van der Waals surface area contributed by atoms with E-state index in [1.807, 2.05) is 38.1 Å². The number of hydrogen-bond donors (Lipinski definition) is 2. The van der Waals surface area contributed by atoms with Crippen LogP contribution in [0.5, 0.6) is 0 Å². The summed E-state index contributed by atoms with van der Waals surface area (Å²) in [4.78, 5) is 16.4. The highest BCUT2D eigenvalue weighted by molar-refractivity contribution is 5.94. The molecule has 0 bridgehead atoms. The molecule has 0 aliphatic heterocycles. The third kappa shape index (κ3) is 2.98. The van der Waals surface area contributed by atoms with Crippen molar-refractivity contribution in [3.05, 3.63) is 48.0 Å². The van der Waals surface area contributed by atoms with Gasteiger partial charge in [-0.1, -0.05) is 24.3 Å². The average molecular weight is 325 g/mol. The van der Waals surface area contributed by atoms with Crippen molar-refractivity contribution < 1.29 is 9.90 Å². The summed E-state index contributed by atoms with van der Waals surface area (Å²) in [6.45, 7) is 4.08. The molecule has 24 heavy (non-hydrogen) atoms. The zero-order valence-corrected chi connectivity index (χ0v) is 13.6. The minimum Gasteiger partial charge on any atom is -0.396 e. The predicted molar refractivity (Wildman–Crippen MR) is 90.0 cm³/mol. The van der Waals surface area contributed by atoms with Crippen LogP contribution in [0.3, 0.4) is 0 Å². The van der Waals surface area contributed by atoms with Crippen LogP contribution in [0.2, 0.25) is 0 Å². The van der Waals surface area contributed by atoms with Gasteiger partial charge < -0.3 is 10.4 Å². The summed E-state index contributed by atoms with van der Waals surface area (Å²) in [6.07, 6.45) is 3.51. The minimum absolute atomic E-state index is 0.00475. The SMILES string of the molecule is Cc1c(C(=O)NCC(C)CO)nnn1-c1cccc2cnccc12. The van der Waals surface area contributed by atoms with E-state index in [0.29, 0.717) is 12.2 Å². The second-order valence-electron chi connectivity index (χ2n) is 5.81. The summed E-state index contributed by atoms with van der Waals surface area (Å²) < 4.78 is 1.66. The molecular weight excluding hydrogens is 306 g/mol. The Labute approximate surface area is 139 Å². The number of nitrogens with one attached hydrogen (secondary N) is 1. The molecule has 1 aromatic carbocycles. The van der Waals surface area contributed by atoms with Crippen molar-refractivity contribution in [2.45, 2.75) is 13.8 Å². The van der Waals surface area contributed by atoms with Crippen LogP contribution in [0.1, 0.15) is 23.1 Å². The Morgan fingerprint density at radius 3 is 3.00 bits per heavy atom. The molecule has 1 atom stereocenters. The monoisotopic (exact) mass is 325 g/mol. The number of rotatable bonds is 5. The molecule has 3 rings (SSSR count). The van der Waals surface area contributed by atoms with E-state index >= 15 is 0 Å². The summed E-state index contributed by atoms with van der Waals surface area (Å²) in [5.74, 6) is -0.296. The largest absolute Gasteiger partial charge is 0.396 e. The maximum absolute atomic E-state index is 12.3. The molecule has 0 radical (unpaired) electrons. The molecule has 3 aromatic rings. The predicted octanol–water partition coefficient (Wildman–Crippen LogP) is 1.48. The highest BCUT2D eigenvalue weighted by atomic mass is 16.3. The molecule has 0 fully saturated rings. The van der Waals surface area contributed by atoms with Gasteiger partial charge in [0.2, 0.25) is 0 Å². The van der Waals surface area contributed by atoms with Gasteiger partial charge >= 0.3 is 0 Å². The average Bonchev–Trinajstić information content (AvgIpc) is 3.00. The quantitative estimate of drug-likeness (QED) is 0.741. The molecule has 2 heterocycles. The number of hydrogen-bond acceptors (Lipinski definition) is 5. The van der Waals surface area contributed by atoms with Gasteiger partial charge in [0, 0.05) is 36.3 Å². The van der Waals surface area contributed by atoms with E-state index in [2.05, 4.69) is 20.6 Å². The van der Waals surface area contributed by atoms with E-state index in [9.17, 15) is 4.79 Å². The van der Waals surface area contributed by atoms with Gasteiger partial charge in [-0.2, -0.15) is 0 Å². The molecule has 124 valence electrons. The molecule has 0 aliphatic carbocycles. The summed E-state index contributed by atoms with van der Waals surface area (Å²) in [7, 11) is 0. The molecule has 7 nitrogen and oxygen atoms in total. The lowest BCUT2D eigenvalue weighted by Crippen LogP contribution is -2.30. The van der Waals surface area contributed by atoms with Crippen molar-refractivity contribution in [2.75, 3.05) is 13.2 Å². The molecule has 1 amide bonds. The lowest BCUT2D eigenvalue weighted by Gasteiger charge is -2.09. The number of aliphatic hydroxyl groups excluding tert-OH is 1. The van der Waals surface area contributed by atoms with Crippen molar-refractivity contribution in [1.82, 2.24) is 25.3 Å². The third-order valence-corrected chi connectivity index (χ3v) is 3.92. The molecule has 7 heteroatoms. The van der Waals surface area contributed by atoms with Gasteiger partial charge in [0.05, 0.1) is 11.4 Å². The van der Waals surface area contributed by atoms with Crippen LogP contribution >= 0.6 is 0 Å². The van der Waals surface area contributed by atoms with Crippen molar-refractivity contribution in [3.8, 4) is 5.69 Å². The number of aliphatic hydroxyl groups is 1. The Balaban J connectivity index is 1.93. The van der Waals surface area contributed by atoms with E-state index in [-0.39, 0.29) is 24.1 Å². The van der Waals surface area contributed by atoms with E-state index in [4.69, 9.17) is 5.11 Å². The Morgan fingerprint density at radius 2 is 2.21 bits per heavy atom. The lowest BCUT2D eigenvalue weighted by molar-refractivity contribution is 0.0936. The molecule has 1 unspecified atom stereocenters. The highest BCUT2D eigenvalue weighted by Crippen LogP contribution is 2.22. The first-order valence-corrected chi connectivity index (χ1v) is 7.76. The Bertz CT molecular complexity index is 869. The van der Waals surface area contributed by atoms with Crippen molar-refractivity contribution in [2.24, 2.45) is 5.92 Å². The molecule has 2 N–H and O–H groups in total. The van der Waals surface area contributed by atoms with Gasteiger partial charge in [0.15, 0.2) is 5.69 Å². The number of pyridine rings is 1. The number of carbonyl (C=O) groups excluding carboxylic acids is 1. The molecule has 0 spiro atoms. The van der Waals surface area contributed by atoms with Crippen LogP contribution in [0.25, 0.3) is 16.5 Å². The first kappa shape index (κ1) is 16.1. The molecule has 2 aromatic heterocycles. The lowest BCUT2D eigenvalue weighted by atomic mass is 10.1. The smallest absolute Gasteiger partial charge is 0.273 e. The maximum Gasteiger partial charge on any atom is 0.273 e. The number of fused-ring (bicyclic) bond motifs is 1. The second-order valence-corrected chi connectivity index (χ2v) is 5.81. The van der Waals surface area contributed by atoms with Crippen LogP contribution in [0.4, 0.5) is 0 Å². The maximum atomic E-state index is 12.3. The zero-order valence-electron chi connectivity index (χ0n) is 13.6. The highest BCUT2D eigenvalue weighted by Gasteiger charge is 2.18. The van der Waals surface area contributed by atoms with Crippen LogP contribution < -0.4 is 5.32 Å². The van der Waals surface area contributed by atoms with Gasteiger partial charge in [0.1, 0.15) is 0 Å². The molecule has 0 saturated carbocycles. The fourth-order valence-corrected chi connectivity index (χ4v) is 2.47. The summed E-state index contributed by atoms with van der Waals surface area (Å²) >= 11 is 0. The fraction of sp³-hybridized carbons (Fsp3) is 0.294. The van der Waals surface area contributed by atoms with Crippen molar-refractivity contribution in [3.63, 3.8) is 0 Å². The number of aromatic nitrogens is 4. The number of carbonyl (C=O) groups is 1. The number of nitrogens with zero attached hydrogens (tertiary/aromatic N) is 4.